The second-order valence-corrected chi connectivity index (χ2v) is 9.22. The molecule has 1 aliphatic rings. The number of nitrogens with one attached hydrogen (secondary N) is 2. The van der Waals surface area contributed by atoms with E-state index in [-0.39, 0.29) is 21.7 Å². The highest BCUT2D eigenvalue weighted by Crippen LogP contribution is 2.40. The Labute approximate surface area is 158 Å². The molecule has 0 saturated heterocycles. The monoisotopic (exact) mass is 395 g/mol. The van der Waals surface area contributed by atoms with Crippen molar-refractivity contribution in [2.75, 3.05) is 11.6 Å². The number of amides is 1. The van der Waals surface area contributed by atoms with E-state index in [1.165, 1.54) is 0 Å². The van der Waals surface area contributed by atoms with Crippen molar-refractivity contribution in [3.8, 4) is 0 Å². The molecule has 1 heterocycles. The maximum Gasteiger partial charge on any atom is 0.226 e. The number of H-pyrrole nitrogens is 1. The molecule has 140 valence electrons. The molecule has 1 amide bonds. The Hall–Kier alpha value is -1.86. The normalized spacial score (nSPS) is 16.5. The van der Waals surface area contributed by atoms with Gasteiger partial charge in [-0.05, 0) is 42.4 Å². The number of rotatable bonds is 6. The number of halogens is 1. The van der Waals surface area contributed by atoms with Gasteiger partial charge in [-0.3, -0.25) is 9.89 Å². The summed E-state index contributed by atoms with van der Waals surface area (Å²) in [4.78, 5) is 12.6. The molecule has 8 heteroatoms. The van der Waals surface area contributed by atoms with Crippen molar-refractivity contribution in [1.82, 2.24) is 10.2 Å². The predicted molar refractivity (Wildman–Crippen MR) is 101 cm³/mol. The van der Waals surface area contributed by atoms with Gasteiger partial charge in [0.25, 0.3) is 0 Å². The van der Waals surface area contributed by atoms with Crippen molar-refractivity contribution in [2.24, 2.45) is 5.92 Å². The van der Waals surface area contributed by atoms with Gasteiger partial charge in [0.1, 0.15) is 0 Å². The minimum atomic E-state index is -3.38. The highest BCUT2D eigenvalue weighted by molar-refractivity contribution is 7.90. The van der Waals surface area contributed by atoms with Crippen LogP contribution in [0.25, 0.3) is 0 Å². The van der Waals surface area contributed by atoms with Crippen LogP contribution in [0.2, 0.25) is 5.02 Å². The van der Waals surface area contributed by atoms with Gasteiger partial charge in [-0.25, -0.2) is 8.42 Å². The van der Waals surface area contributed by atoms with Gasteiger partial charge in [0, 0.05) is 24.9 Å². The number of carbonyl (C=O) groups excluding carboxylic acids is 1. The van der Waals surface area contributed by atoms with Crippen LogP contribution in [0.1, 0.15) is 43.6 Å². The van der Waals surface area contributed by atoms with Crippen LogP contribution >= 0.6 is 11.6 Å². The lowest BCUT2D eigenvalue weighted by atomic mass is 9.82. The van der Waals surface area contributed by atoms with Crippen LogP contribution in [0.5, 0.6) is 0 Å². The Morgan fingerprint density at radius 2 is 2.08 bits per heavy atom. The zero-order valence-corrected chi connectivity index (χ0v) is 16.1. The molecule has 0 aliphatic heterocycles. The predicted octanol–water partition coefficient (Wildman–Crippen LogP) is 3.77. The summed E-state index contributed by atoms with van der Waals surface area (Å²) in [6.45, 7) is 0. The standard InChI is InChI=1S/C18H22ClN3O3S/c1-26(24,25)16-7-6-13(10-15(16)19)14(12-4-2-3-5-12)11-18(23)21-17-8-9-20-22-17/h6-10,12,14H,2-5,11H2,1H3,(H2,20,21,22,23)/t14-/m1/s1. The van der Waals surface area contributed by atoms with Crippen LogP contribution in [0, 0.1) is 5.92 Å². The molecule has 0 radical (unpaired) electrons. The van der Waals surface area contributed by atoms with E-state index in [1.807, 2.05) is 0 Å². The fraction of sp³-hybridized carbons (Fsp3) is 0.444. The summed E-state index contributed by atoms with van der Waals surface area (Å²) in [5.74, 6) is 0.769. The molecule has 0 unspecified atom stereocenters. The van der Waals surface area contributed by atoms with Crippen LogP contribution in [0.15, 0.2) is 35.4 Å². The van der Waals surface area contributed by atoms with Crippen molar-refractivity contribution in [2.45, 2.75) is 42.9 Å². The second-order valence-electron chi connectivity index (χ2n) is 6.82. The number of aromatic nitrogens is 2. The van der Waals surface area contributed by atoms with Crippen LogP contribution in [-0.2, 0) is 14.6 Å². The van der Waals surface area contributed by atoms with Crippen molar-refractivity contribution < 1.29 is 13.2 Å². The van der Waals surface area contributed by atoms with Crippen LogP contribution in [0.3, 0.4) is 0 Å². The largest absolute Gasteiger partial charge is 0.309 e. The molecule has 1 atom stereocenters. The lowest BCUT2D eigenvalue weighted by Crippen LogP contribution is -2.20. The zero-order valence-electron chi connectivity index (χ0n) is 14.5. The molecular weight excluding hydrogens is 374 g/mol. The van der Waals surface area contributed by atoms with Crippen LogP contribution in [0.4, 0.5) is 5.82 Å². The van der Waals surface area contributed by atoms with Gasteiger partial charge in [-0.15, -0.1) is 0 Å². The lowest BCUT2D eigenvalue weighted by molar-refractivity contribution is -0.116. The van der Waals surface area contributed by atoms with E-state index >= 15 is 0 Å². The van der Waals surface area contributed by atoms with E-state index in [9.17, 15) is 13.2 Å². The van der Waals surface area contributed by atoms with E-state index in [0.717, 1.165) is 37.5 Å². The molecule has 2 N–H and O–H groups in total. The van der Waals surface area contributed by atoms with Crippen LogP contribution in [-0.4, -0.2) is 30.8 Å². The second kappa shape index (κ2) is 7.80. The quantitative estimate of drug-likeness (QED) is 0.778. The minimum absolute atomic E-state index is 0.00236. The summed E-state index contributed by atoms with van der Waals surface area (Å²) in [5.41, 5.74) is 0.909. The third-order valence-electron chi connectivity index (χ3n) is 4.93. The Morgan fingerprint density at radius 3 is 2.65 bits per heavy atom. The highest BCUT2D eigenvalue weighted by Gasteiger charge is 2.29. The molecular formula is C18H22ClN3O3S. The third kappa shape index (κ3) is 4.45. The maximum absolute atomic E-state index is 12.5. The van der Waals surface area contributed by atoms with Gasteiger partial charge < -0.3 is 5.32 Å². The smallest absolute Gasteiger partial charge is 0.226 e. The zero-order chi connectivity index (χ0) is 18.7. The van der Waals surface area contributed by atoms with E-state index in [0.29, 0.717) is 18.2 Å². The van der Waals surface area contributed by atoms with Gasteiger partial charge in [-0.1, -0.05) is 30.5 Å². The summed E-state index contributed by atoms with van der Waals surface area (Å²) in [7, 11) is -3.38. The van der Waals surface area contributed by atoms with Crippen molar-refractivity contribution in [3.05, 3.63) is 41.0 Å². The number of benzene rings is 1. The molecule has 0 bridgehead atoms. The Bertz CT molecular complexity index is 875. The van der Waals surface area contributed by atoms with Gasteiger partial charge >= 0.3 is 0 Å². The maximum atomic E-state index is 12.5. The summed E-state index contributed by atoms with van der Waals surface area (Å²) in [6, 6.07) is 6.72. The fourth-order valence-corrected chi connectivity index (χ4v) is 5.03. The third-order valence-corrected chi connectivity index (χ3v) is 6.51. The molecule has 26 heavy (non-hydrogen) atoms. The number of hydrogen-bond donors (Lipinski definition) is 2. The number of nitrogens with zero attached hydrogens (tertiary/aromatic N) is 1. The molecule has 1 aliphatic carbocycles. The first-order chi connectivity index (χ1) is 12.3. The average Bonchev–Trinajstić information content (AvgIpc) is 3.24. The molecule has 3 rings (SSSR count). The first-order valence-electron chi connectivity index (χ1n) is 8.64. The van der Waals surface area contributed by atoms with E-state index in [1.54, 1.807) is 30.5 Å². The molecule has 1 saturated carbocycles. The molecule has 1 aromatic heterocycles. The first kappa shape index (κ1) is 18.9. The van der Waals surface area contributed by atoms with Gasteiger partial charge in [0.05, 0.1) is 9.92 Å². The summed E-state index contributed by atoms with van der Waals surface area (Å²) < 4.78 is 23.6. The van der Waals surface area contributed by atoms with Crippen LogP contribution < -0.4 is 5.32 Å². The molecule has 2 aromatic rings. The molecule has 1 aromatic carbocycles. The number of hydrogen-bond acceptors (Lipinski definition) is 4. The lowest BCUT2D eigenvalue weighted by Gasteiger charge is -2.24. The highest BCUT2D eigenvalue weighted by atomic mass is 35.5. The average molecular weight is 396 g/mol. The Kier molecular flexibility index (Phi) is 5.67. The van der Waals surface area contributed by atoms with Crippen molar-refractivity contribution >= 4 is 33.2 Å². The van der Waals surface area contributed by atoms with E-state index in [4.69, 9.17) is 11.6 Å². The van der Waals surface area contributed by atoms with E-state index in [2.05, 4.69) is 15.5 Å². The topological polar surface area (TPSA) is 91.9 Å². The molecule has 1 fully saturated rings. The summed E-state index contributed by atoms with van der Waals surface area (Å²) >= 11 is 6.22. The van der Waals surface area contributed by atoms with Crippen molar-refractivity contribution in [1.29, 1.82) is 0 Å². The van der Waals surface area contributed by atoms with E-state index < -0.39 is 9.84 Å². The van der Waals surface area contributed by atoms with Crippen molar-refractivity contribution in [3.63, 3.8) is 0 Å². The summed E-state index contributed by atoms with van der Waals surface area (Å²) in [6.07, 6.45) is 7.52. The first-order valence-corrected chi connectivity index (χ1v) is 10.9. The number of aromatic amines is 1. The Balaban J connectivity index is 1.84. The fourth-order valence-electron chi connectivity index (χ4n) is 3.69. The number of sulfone groups is 1. The Morgan fingerprint density at radius 1 is 1.35 bits per heavy atom. The van der Waals surface area contributed by atoms with Gasteiger partial charge in [-0.2, -0.15) is 5.10 Å². The van der Waals surface area contributed by atoms with Gasteiger partial charge in [0.2, 0.25) is 5.91 Å². The SMILES string of the molecule is CS(=O)(=O)c1ccc([C@H](CC(=O)Nc2cc[nH]n2)C2CCCC2)cc1Cl. The minimum Gasteiger partial charge on any atom is -0.309 e. The van der Waals surface area contributed by atoms with Gasteiger partial charge in [0.15, 0.2) is 15.7 Å². The number of carbonyl (C=O) groups is 1. The molecule has 0 spiro atoms. The molecule has 6 nitrogen and oxygen atoms in total. The summed E-state index contributed by atoms with van der Waals surface area (Å²) in [5, 5.41) is 9.60. The number of anilines is 1.